The standard InChI is InChI=1S/C14H17FO3/c1-17-14-5-4-10(8-13(14)15)7-11(16)9-12-3-2-6-18-12/h4-5,8,12H,2-3,6-7,9H2,1H3. The molecule has 3 nitrogen and oxygen atoms in total. The molecule has 0 aliphatic carbocycles. The van der Waals surface area contributed by atoms with Gasteiger partial charge in [-0.3, -0.25) is 4.79 Å². The van der Waals surface area contributed by atoms with Gasteiger partial charge in [-0.15, -0.1) is 0 Å². The highest BCUT2D eigenvalue weighted by molar-refractivity contribution is 5.81. The summed E-state index contributed by atoms with van der Waals surface area (Å²) in [5.74, 6) is -0.142. The number of Topliss-reactive ketones (excluding diaryl/α,β-unsaturated/α-hetero) is 1. The summed E-state index contributed by atoms with van der Waals surface area (Å²) in [6.07, 6.45) is 2.70. The van der Waals surface area contributed by atoms with Crippen LogP contribution in [0.3, 0.4) is 0 Å². The number of ether oxygens (including phenoxy) is 2. The van der Waals surface area contributed by atoms with Gasteiger partial charge in [0.25, 0.3) is 0 Å². The van der Waals surface area contributed by atoms with Crippen molar-refractivity contribution in [1.82, 2.24) is 0 Å². The van der Waals surface area contributed by atoms with Gasteiger partial charge in [0.2, 0.25) is 0 Å². The molecule has 1 aliphatic heterocycles. The molecule has 1 heterocycles. The van der Waals surface area contributed by atoms with Crippen molar-refractivity contribution in [2.45, 2.75) is 31.8 Å². The summed E-state index contributed by atoms with van der Waals surface area (Å²) in [5.41, 5.74) is 0.677. The minimum atomic E-state index is -0.431. The molecule has 18 heavy (non-hydrogen) atoms. The van der Waals surface area contributed by atoms with Gasteiger partial charge in [-0.05, 0) is 30.5 Å². The number of carbonyl (C=O) groups is 1. The SMILES string of the molecule is COc1ccc(CC(=O)CC2CCCO2)cc1F. The first-order valence-electron chi connectivity index (χ1n) is 6.15. The predicted molar refractivity (Wildman–Crippen MR) is 65.3 cm³/mol. The Morgan fingerprint density at radius 3 is 3.00 bits per heavy atom. The normalized spacial score (nSPS) is 18.9. The molecule has 1 fully saturated rings. The van der Waals surface area contributed by atoms with E-state index >= 15 is 0 Å². The number of hydrogen-bond acceptors (Lipinski definition) is 3. The van der Waals surface area contributed by atoms with E-state index in [0.717, 1.165) is 19.4 Å². The summed E-state index contributed by atoms with van der Waals surface area (Å²) in [5, 5.41) is 0. The van der Waals surface area contributed by atoms with Crippen molar-refractivity contribution in [1.29, 1.82) is 0 Å². The van der Waals surface area contributed by atoms with Crippen LogP contribution in [-0.2, 0) is 16.0 Å². The maximum absolute atomic E-state index is 13.4. The summed E-state index contributed by atoms with van der Waals surface area (Å²) in [6.45, 7) is 0.745. The van der Waals surface area contributed by atoms with Crippen molar-refractivity contribution in [2.24, 2.45) is 0 Å². The van der Waals surface area contributed by atoms with Crippen LogP contribution in [-0.4, -0.2) is 25.6 Å². The van der Waals surface area contributed by atoms with E-state index in [-0.39, 0.29) is 24.1 Å². The predicted octanol–water partition coefficient (Wildman–Crippen LogP) is 2.52. The van der Waals surface area contributed by atoms with Crippen molar-refractivity contribution < 1.29 is 18.7 Å². The van der Waals surface area contributed by atoms with Crippen LogP contribution in [0.2, 0.25) is 0 Å². The molecule has 0 aromatic heterocycles. The van der Waals surface area contributed by atoms with Gasteiger partial charge in [0.05, 0.1) is 13.2 Å². The number of benzene rings is 1. The van der Waals surface area contributed by atoms with Crippen LogP contribution >= 0.6 is 0 Å². The second kappa shape index (κ2) is 5.96. The molecular weight excluding hydrogens is 235 g/mol. The first kappa shape index (κ1) is 13.0. The Hall–Kier alpha value is -1.42. The average Bonchev–Trinajstić information content (AvgIpc) is 2.82. The lowest BCUT2D eigenvalue weighted by Gasteiger charge is -2.08. The van der Waals surface area contributed by atoms with Gasteiger partial charge in [-0.25, -0.2) is 4.39 Å². The number of rotatable bonds is 5. The lowest BCUT2D eigenvalue weighted by molar-refractivity contribution is -0.120. The van der Waals surface area contributed by atoms with E-state index < -0.39 is 5.82 Å². The highest BCUT2D eigenvalue weighted by Gasteiger charge is 2.19. The molecule has 0 radical (unpaired) electrons. The van der Waals surface area contributed by atoms with E-state index in [1.54, 1.807) is 12.1 Å². The van der Waals surface area contributed by atoms with Crippen molar-refractivity contribution >= 4 is 5.78 Å². The minimum Gasteiger partial charge on any atom is -0.494 e. The van der Waals surface area contributed by atoms with Gasteiger partial charge < -0.3 is 9.47 Å². The van der Waals surface area contributed by atoms with Crippen molar-refractivity contribution in [3.63, 3.8) is 0 Å². The molecule has 98 valence electrons. The van der Waals surface area contributed by atoms with E-state index in [4.69, 9.17) is 9.47 Å². The van der Waals surface area contributed by atoms with Crippen LogP contribution < -0.4 is 4.74 Å². The Kier molecular flexibility index (Phi) is 4.31. The van der Waals surface area contributed by atoms with Crippen LogP contribution in [0, 0.1) is 5.82 Å². The highest BCUT2D eigenvalue weighted by Crippen LogP contribution is 2.20. The molecule has 4 heteroatoms. The van der Waals surface area contributed by atoms with Crippen LogP contribution in [0.25, 0.3) is 0 Å². The molecule has 1 saturated heterocycles. The number of halogens is 1. The maximum Gasteiger partial charge on any atom is 0.165 e. The molecule has 0 saturated carbocycles. The van der Waals surface area contributed by atoms with Crippen LogP contribution in [0.4, 0.5) is 4.39 Å². The van der Waals surface area contributed by atoms with Crippen molar-refractivity contribution in [3.05, 3.63) is 29.6 Å². The molecule has 2 rings (SSSR count). The Bertz CT molecular complexity index is 425. The third kappa shape index (κ3) is 3.29. The molecule has 0 bridgehead atoms. The third-order valence-corrected chi connectivity index (χ3v) is 3.10. The second-order valence-corrected chi connectivity index (χ2v) is 4.52. The maximum atomic E-state index is 13.4. The van der Waals surface area contributed by atoms with Gasteiger partial charge in [0.1, 0.15) is 5.78 Å². The van der Waals surface area contributed by atoms with E-state index in [9.17, 15) is 9.18 Å². The molecule has 0 spiro atoms. The average molecular weight is 252 g/mol. The largest absolute Gasteiger partial charge is 0.494 e. The fourth-order valence-electron chi connectivity index (χ4n) is 2.18. The Balaban J connectivity index is 1.92. The number of hydrogen-bond donors (Lipinski definition) is 0. The number of ketones is 1. The van der Waals surface area contributed by atoms with E-state index in [1.165, 1.54) is 13.2 Å². The summed E-state index contributed by atoms with van der Waals surface area (Å²) < 4.78 is 23.7. The quantitative estimate of drug-likeness (QED) is 0.807. The van der Waals surface area contributed by atoms with Crippen molar-refractivity contribution in [2.75, 3.05) is 13.7 Å². The van der Waals surface area contributed by atoms with Crippen LogP contribution in [0.1, 0.15) is 24.8 Å². The van der Waals surface area contributed by atoms with Crippen LogP contribution in [0.5, 0.6) is 5.75 Å². The molecule has 1 atom stereocenters. The fourth-order valence-corrected chi connectivity index (χ4v) is 2.18. The van der Waals surface area contributed by atoms with Crippen molar-refractivity contribution in [3.8, 4) is 5.75 Å². The molecule has 0 amide bonds. The monoisotopic (exact) mass is 252 g/mol. The zero-order valence-electron chi connectivity index (χ0n) is 10.4. The van der Waals surface area contributed by atoms with Gasteiger partial charge in [-0.1, -0.05) is 6.07 Å². The summed E-state index contributed by atoms with van der Waals surface area (Å²) >= 11 is 0. The molecular formula is C14H17FO3. The molecule has 1 aromatic rings. The third-order valence-electron chi connectivity index (χ3n) is 3.10. The summed E-state index contributed by atoms with van der Waals surface area (Å²) in [6, 6.07) is 4.62. The number of methoxy groups -OCH3 is 1. The molecule has 1 aromatic carbocycles. The number of carbonyl (C=O) groups excluding carboxylic acids is 1. The zero-order valence-corrected chi connectivity index (χ0v) is 10.4. The Morgan fingerprint density at radius 1 is 1.56 bits per heavy atom. The van der Waals surface area contributed by atoms with E-state index in [2.05, 4.69) is 0 Å². The lowest BCUT2D eigenvalue weighted by Crippen LogP contribution is -2.14. The summed E-state index contributed by atoms with van der Waals surface area (Å²) in [4.78, 5) is 11.8. The fraction of sp³-hybridized carbons (Fsp3) is 0.500. The first-order valence-corrected chi connectivity index (χ1v) is 6.15. The second-order valence-electron chi connectivity index (χ2n) is 4.52. The molecule has 0 N–H and O–H groups in total. The topological polar surface area (TPSA) is 35.5 Å². The van der Waals surface area contributed by atoms with Crippen LogP contribution in [0.15, 0.2) is 18.2 Å². The van der Waals surface area contributed by atoms with E-state index in [1.807, 2.05) is 0 Å². The van der Waals surface area contributed by atoms with E-state index in [0.29, 0.717) is 12.0 Å². The van der Waals surface area contributed by atoms with Gasteiger partial charge >= 0.3 is 0 Å². The zero-order chi connectivity index (χ0) is 13.0. The minimum absolute atomic E-state index is 0.0561. The van der Waals surface area contributed by atoms with Gasteiger partial charge in [0, 0.05) is 19.4 Å². The molecule has 1 aliphatic rings. The Labute approximate surface area is 106 Å². The van der Waals surface area contributed by atoms with Gasteiger partial charge in [0.15, 0.2) is 11.6 Å². The summed E-state index contributed by atoms with van der Waals surface area (Å²) in [7, 11) is 1.42. The molecule has 1 unspecified atom stereocenters. The first-order chi connectivity index (χ1) is 8.69. The Morgan fingerprint density at radius 2 is 2.39 bits per heavy atom. The smallest absolute Gasteiger partial charge is 0.165 e. The van der Waals surface area contributed by atoms with Gasteiger partial charge in [-0.2, -0.15) is 0 Å². The lowest BCUT2D eigenvalue weighted by atomic mass is 10.0. The highest BCUT2D eigenvalue weighted by atomic mass is 19.1.